The van der Waals surface area contributed by atoms with Crippen molar-refractivity contribution < 1.29 is 26.3 Å². The predicted molar refractivity (Wildman–Crippen MR) is 39.0 cm³/mol. The maximum absolute atomic E-state index is 10.8. The van der Waals surface area contributed by atoms with Crippen molar-refractivity contribution in [3.63, 3.8) is 0 Å². The van der Waals surface area contributed by atoms with Crippen molar-refractivity contribution in [2.75, 3.05) is 26.2 Å². The van der Waals surface area contributed by atoms with Gasteiger partial charge in [-0.05, 0) is 14.0 Å². The molecule has 0 amide bonds. The van der Waals surface area contributed by atoms with Crippen LogP contribution in [0.3, 0.4) is 0 Å². The zero-order valence-corrected chi connectivity index (χ0v) is 7.44. The molecule has 1 aliphatic heterocycles. The van der Waals surface area contributed by atoms with E-state index in [-0.39, 0.29) is 0 Å². The molecule has 0 atom stereocenters. The van der Waals surface area contributed by atoms with Crippen molar-refractivity contribution in [2.24, 2.45) is 0 Å². The van der Waals surface area contributed by atoms with E-state index in [9.17, 15) is 8.41 Å². The Hall–Kier alpha value is -0.350. The molecule has 2 N–H and O–H groups in total. The van der Waals surface area contributed by atoms with Crippen molar-refractivity contribution in [3.8, 4) is 0 Å². The van der Waals surface area contributed by atoms with E-state index >= 15 is 0 Å². The van der Waals surface area contributed by atoms with E-state index in [4.69, 9.17) is 8.42 Å². The van der Waals surface area contributed by atoms with Crippen molar-refractivity contribution in [1.29, 1.82) is 0 Å². The minimum atomic E-state index is -5.27. The first kappa shape index (κ1) is 12.7. The molecule has 0 radical (unpaired) electrons. The molecule has 0 spiro atoms. The molecule has 13 heavy (non-hydrogen) atoms. The van der Waals surface area contributed by atoms with Gasteiger partial charge in [-0.2, -0.15) is 8.42 Å². The van der Waals surface area contributed by atoms with Crippen LogP contribution in [0.1, 0.15) is 0 Å². The molecule has 0 aromatic heterocycles. The van der Waals surface area contributed by atoms with Gasteiger partial charge in [0.05, 0.1) is 0 Å². The van der Waals surface area contributed by atoms with E-state index in [1.165, 1.54) is 0 Å². The van der Waals surface area contributed by atoms with Gasteiger partial charge in [0.2, 0.25) is 0 Å². The molecule has 0 aliphatic carbocycles. The maximum atomic E-state index is 10.8. The second-order valence-electron chi connectivity index (χ2n) is 2.02. The van der Waals surface area contributed by atoms with Crippen LogP contribution in [0.2, 0.25) is 0 Å². The number of hydrogen-bond donors (Lipinski definition) is 2. The first-order valence-electron chi connectivity index (χ1n) is 3.39. The topological polar surface area (TPSA) is 76.7 Å². The van der Waals surface area contributed by atoms with Crippen molar-refractivity contribution in [2.45, 2.75) is 0 Å². The molecule has 0 aromatic rings. The Morgan fingerprint density at radius 2 is 1.46 bits per heavy atom. The third kappa shape index (κ3) is 11.7. The van der Waals surface area contributed by atoms with Crippen LogP contribution < -0.4 is 10.6 Å². The van der Waals surface area contributed by atoms with Gasteiger partial charge >= 0.3 is 10.5 Å². The first-order valence-corrected chi connectivity index (χ1v) is 4.70. The monoisotopic (exact) mass is 220 g/mol. The lowest BCUT2D eigenvalue weighted by Gasteiger charge is -2.11. The molecule has 6 nitrogen and oxygen atoms in total. The lowest BCUT2D eigenvalue weighted by Crippen LogP contribution is -2.39. The Morgan fingerprint density at radius 3 is 1.54 bits per heavy atom. The summed E-state index contributed by atoms with van der Waals surface area (Å²) in [6.45, 7) is 4.56. The molecule has 1 aliphatic rings. The summed E-state index contributed by atoms with van der Waals surface area (Å²) < 4.78 is 41.2. The third-order valence-electron chi connectivity index (χ3n) is 1.06. The summed E-state index contributed by atoms with van der Waals surface area (Å²) in [6.07, 6.45) is 0. The van der Waals surface area contributed by atoms with Crippen LogP contribution in [0.25, 0.3) is 0 Å². The van der Waals surface area contributed by atoms with Gasteiger partial charge in [0.15, 0.2) is 0 Å². The van der Waals surface area contributed by atoms with Gasteiger partial charge in [0.25, 0.3) is 0 Å². The molecule has 1 heterocycles. The second-order valence-corrected chi connectivity index (χ2v) is 2.95. The van der Waals surface area contributed by atoms with E-state index in [2.05, 4.69) is 15.0 Å². The van der Waals surface area contributed by atoms with Crippen LogP contribution in [0, 0.1) is 0 Å². The summed E-state index contributed by atoms with van der Waals surface area (Å²) in [4.78, 5) is 0. The van der Waals surface area contributed by atoms with Crippen LogP contribution >= 0.6 is 0 Å². The molecule has 0 saturated carbocycles. The summed E-state index contributed by atoms with van der Waals surface area (Å²) >= 11 is 0. The summed E-state index contributed by atoms with van der Waals surface area (Å²) in [7, 11) is -5.27. The highest BCUT2D eigenvalue weighted by molar-refractivity contribution is 7.81. The Balaban J connectivity index is 0.000000223. The SMILES string of the molecule is C1CNCCN1.O=S(=O)(F)OOF. The number of hydrogen-bond acceptors (Lipinski definition) is 6. The Labute approximate surface area is 74.5 Å². The third-order valence-corrected chi connectivity index (χ3v) is 1.28. The van der Waals surface area contributed by atoms with E-state index < -0.39 is 10.5 Å². The Kier molecular flexibility index (Phi) is 6.90. The normalized spacial score (nSPS) is 17.4. The number of halogens is 2. The van der Waals surface area contributed by atoms with Crippen molar-refractivity contribution in [1.82, 2.24) is 10.6 Å². The van der Waals surface area contributed by atoms with Crippen molar-refractivity contribution >= 4 is 10.5 Å². The van der Waals surface area contributed by atoms with Crippen LogP contribution in [-0.4, -0.2) is 34.6 Å². The van der Waals surface area contributed by atoms with Gasteiger partial charge in [-0.25, -0.2) is 0 Å². The van der Waals surface area contributed by atoms with Crippen LogP contribution in [0.5, 0.6) is 0 Å². The smallest absolute Gasteiger partial charge is 0.314 e. The number of rotatable bonds is 2. The zero-order valence-electron chi connectivity index (χ0n) is 6.63. The van der Waals surface area contributed by atoms with E-state index in [1.54, 1.807) is 0 Å². The van der Waals surface area contributed by atoms with E-state index in [0.29, 0.717) is 0 Å². The molecule has 0 bridgehead atoms. The van der Waals surface area contributed by atoms with Gasteiger partial charge < -0.3 is 10.6 Å². The van der Waals surface area contributed by atoms with Gasteiger partial charge in [0.1, 0.15) is 0 Å². The standard InChI is InChI=1S/C4H10N2.F2O4S/c1-2-6-4-3-5-1;1-5-6-7(2,3)4/h5-6H,1-4H2;. The zero-order chi connectivity index (χ0) is 10.2. The van der Waals surface area contributed by atoms with Gasteiger partial charge in [-0.15, -0.1) is 0 Å². The summed E-state index contributed by atoms with van der Waals surface area (Å²) in [6, 6.07) is 0. The number of piperazine rings is 1. The molecule has 0 unspecified atom stereocenters. The van der Waals surface area contributed by atoms with Gasteiger partial charge in [-0.1, -0.05) is 3.89 Å². The second kappa shape index (κ2) is 7.09. The lowest BCUT2D eigenvalue weighted by molar-refractivity contribution is -0.367. The highest BCUT2D eigenvalue weighted by Gasteiger charge is 2.06. The average Bonchev–Trinajstić information content (AvgIpc) is 2.06. The highest BCUT2D eigenvalue weighted by atomic mass is 32.3. The molecular formula is C4H10F2N2O4S. The molecule has 1 saturated heterocycles. The highest BCUT2D eigenvalue weighted by Crippen LogP contribution is 1.92. The summed E-state index contributed by atoms with van der Waals surface area (Å²) in [5, 5.41) is 8.39. The summed E-state index contributed by atoms with van der Waals surface area (Å²) in [5.74, 6) is 0. The average molecular weight is 220 g/mol. The van der Waals surface area contributed by atoms with Crippen LogP contribution in [0.4, 0.5) is 8.41 Å². The van der Waals surface area contributed by atoms with Gasteiger partial charge in [0, 0.05) is 26.2 Å². The Bertz CT molecular complexity index is 195. The predicted octanol–water partition coefficient (Wildman–Crippen LogP) is -0.787. The molecule has 9 heteroatoms. The maximum Gasteiger partial charge on any atom is 0.467 e. The van der Waals surface area contributed by atoms with Crippen LogP contribution in [-0.2, 0) is 19.9 Å². The van der Waals surface area contributed by atoms with E-state index in [1.807, 2.05) is 5.09 Å². The fourth-order valence-corrected chi connectivity index (χ4v) is 0.696. The largest absolute Gasteiger partial charge is 0.467 e. The van der Waals surface area contributed by atoms with Crippen molar-refractivity contribution in [3.05, 3.63) is 0 Å². The minimum Gasteiger partial charge on any atom is -0.314 e. The lowest BCUT2D eigenvalue weighted by atomic mass is 10.4. The fourth-order valence-electron chi connectivity index (χ4n) is 0.634. The molecular weight excluding hydrogens is 210 g/mol. The van der Waals surface area contributed by atoms with Crippen LogP contribution in [0.15, 0.2) is 0 Å². The Morgan fingerprint density at radius 1 is 1.08 bits per heavy atom. The minimum absolute atomic E-state index is 1.14. The number of nitrogens with one attached hydrogen (secondary N) is 2. The fraction of sp³-hybridized carbons (Fsp3) is 1.00. The van der Waals surface area contributed by atoms with E-state index in [0.717, 1.165) is 26.2 Å². The van der Waals surface area contributed by atoms with Gasteiger partial charge in [-0.3, -0.25) is 0 Å². The molecule has 1 fully saturated rings. The molecule has 1 rings (SSSR count). The molecule has 80 valence electrons. The molecule has 0 aromatic carbocycles. The summed E-state index contributed by atoms with van der Waals surface area (Å²) in [5.41, 5.74) is 0. The first-order chi connectivity index (χ1) is 6.06. The quantitative estimate of drug-likeness (QED) is 0.361.